The number of rotatable bonds is 4. The van der Waals surface area contributed by atoms with Gasteiger partial charge in [0.1, 0.15) is 0 Å². The number of carbonyl (C=O) groups is 3. The van der Waals surface area contributed by atoms with Crippen molar-refractivity contribution in [1.29, 1.82) is 0 Å². The first-order valence-corrected chi connectivity index (χ1v) is 9.07. The maximum Gasteiger partial charge on any atom is 0.289 e. The van der Waals surface area contributed by atoms with Crippen LogP contribution in [0.4, 0.5) is 0 Å². The minimum atomic E-state index is -0.210. The van der Waals surface area contributed by atoms with Crippen LogP contribution in [-0.4, -0.2) is 59.4 Å². The number of furan rings is 1. The third-order valence-electron chi connectivity index (χ3n) is 4.53. The molecule has 0 aliphatic carbocycles. The van der Waals surface area contributed by atoms with Crippen LogP contribution in [0.15, 0.2) is 21.7 Å². The van der Waals surface area contributed by atoms with E-state index in [-0.39, 0.29) is 28.7 Å². The topological polar surface area (TPSA) is 95.2 Å². The first-order chi connectivity index (χ1) is 12.5. The maximum atomic E-state index is 12.5. The van der Waals surface area contributed by atoms with E-state index in [4.69, 9.17) is 16.0 Å². The number of hydrogen-bond donors (Lipinski definition) is 1. The standard InChI is InChI=1S/C17H21ClN4O4/c18-14-5-4-13(26-14)17(25)22-9-1-8-21(10-11-22)16(24)7-3-12-2-6-15(23)20-19-12/h4-5H,1-3,6-11H2,(H,20,23). The number of halogens is 1. The third-order valence-corrected chi connectivity index (χ3v) is 4.73. The molecular weight excluding hydrogens is 360 g/mol. The molecule has 0 saturated carbocycles. The summed E-state index contributed by atoms with van der Waals surface area (Å²) < 4.78 is 5.18. The van der Waals surface area contributed by atoms with E-state index in [9.17, 15) is 14.4 Å². The van der Waals surface area contributed by atoms with Crippen molar-refractivity contribution in [3.05, 3.63) is 23.1 Å². The molecule has 26 heavy (non-hydrogen) atoms. The molecule has 3 rings (SSSR count). The Balaban J connectivity index is 1.49. The minimum absolute atomic E-state index is 0.0416. The van der Waals surface area contributed by atoms with Crippen molar-refractivity contribution >= 4 is 35.0 Å². The van der Waals surface area contributed by atoms with E-state index < -0.39 is 0 Å². The number of hydrazone groups is 1. The molecule has 8 nitrogen and oxygen atoms in total. The summed E-state index contributed by atoms with van der Waals surface area (Å²) in [4.78, 5) is 39.4. The molecule has 9 heteroatoms. The fraction of sp³-hybridized carbons (Fsp3) is 0.529. The van der Waals surface area contributed by atoms with Crippen molar-refractivity contribution in [2.45, 2.75) is 32.1 Å². The summed E-state index contributed by atoms with van der Waals surface area (Å²) in [6.45, 7) is 2.13. The van der Waals surface area contributed by atoms with Crippen molar-refractivity contribution < 1.29 is 18.8 Å². The SMILES string of the molecule is O=C1CCC(CCC(=O)N2CCCN(C(=O)c3ccc(Cl)o3)CC2)=NN1. The Labute approximate surface area is 156 Å². The van der Waals surface area contributed by atoms with Crippen LogP contribution in [-0.2, 0) is 9.59 Å². The van der Waals surface area contributed by atoms with Crippen LogP contribution in [0.25, 0.3) is 0 Å². The molecule has 140 valence electrons. The lowest BCUT2D eigenvalue weighted by Crippen LogP contribution is -2.37. The molecule has 2 aliphatic rings. The highest BCUT2D eigenvalue weighted by Crippen LogP contribution is 2.16. The van der Waals surface area contributed by atoms with Gasteiger partial charge in [0, 0.05) is 44.7 Å². The second-order valence-electron chi connectivity index (χ2n) is 6.34. The highest BCUT2D eigenvalue weighted by Gasteiger charge is 2.24. The van der Waals surface area contributed by atoms with Gasteiger partial charge in [0.15, 0.2) is 11.0 Å². The first-order valence-electron chi connectivity index (χ1n) is 8.69. The first kappa shape index (κ1) is 18.4. The molecule has 1 aromatic rings. The summed E-state index contributed by atoms with van der Waals surface area (Å²) >= 11 is 5.72. The van der Waals surface area contributed by atoms with Gasteiger partial charge in [0.05, 0.1) is 0 Å². The predicted molar refractivity (Wildman–Crippen MR) is 94.9 cm³/mol. The number of nitrogens with zero attached hydrogens (tertiary/aromatic N) is 3. The van der Waals surface area contributed by atoms with E-state index in [0.717, 1.165) is 5.71 Å². The molecule has 0 unspecified atom stereocenters. The Morgan fingerprint density at radius 1 is 1.15 bits per heavy atom. The van der Waals surface area contributed by atoms with Gasteiger partial charge in [-0.2, -0.15) is 5.10 Å². The Morgan fingerprint density at radius 2 is 1.92 bits per heavy atom. The number of carbonyl (C=O) groups excluding carboxylic acids is 3. The zero-order chi connectivity index (χ0) is 18.5. The molecule has 0 radical (unpaired) electrons. The summed E-state index contributed by atoms with van der Waals surface area (Å²) in [6.07, 6.45) is 2.64. The Kier molecular flexibility index (Phi) is 5.92. The number of hydrogen-bond acceptors (Lipinski definition) is 5. The zero-order valence-electron chi connectivity index (χ0n) is 14.4. The van der Waals surface area contributed by atoms with Gasteiger partial charge >= 0.3 is 0 Å². The Morgan fingerprint density at radius 3 is 2.62 bits per heavy atom. The minimum Gasteiger partial charge on any atom is -0.440 e. The van der Waals surface area contributed by atoms with Crippen molar-refractivity contribution in [1.82, 2.24) is 15.2 Å². The molecule has 0 bridgehead atoms. The van der Waals surface area contributed by atoms with Crippen molar-refractivity contribution in [2.24, 2.45) is 5.10 Å². The van der Waals surface area contributed by atoms with Crippen LogP contribution >= 0.6 is 11.6 Å². The second-order valence-corrected chi connectivity index (χ2v) is 6.72. The van der Waals surface area contributed by atoms with Gasteiger partial charge in [-0.3, -0.25) is 14.4 Å². The van der Waals surface area contributed by atoms with Crippen molar-refractivity contribution in [3.8, 4) is 0 Å². The lowest BCUT2D eigenvalue weighted by Gasteiger charge is -2.22. The molecule has 2 aliphatic heterocycles. The van der Waals surface area contributed by atoms with Crippen LogP contribution in [0.5, 0.6) is 0 Å². The molecule has 3 amide bonds. The van der Waals surface area contributed by atoms with E-state index in [2.05, 4.69) is 10.5 Å². The van der Waals surface area contributed by atoms with Gasteiger partial charge in [0.2, 0.25) is 11.8 Å². The van der Waals surface area contributed by atoms with E-state index >= 15 is 0 Å². The lowest BCUT2D eigenvalue weighted by atomic mass is 10.1. The fourth-order valence-electron chi connectivity index (χ4n) is 3.06. The van der Waals surface area contributed by atoms with Crippen LogP contribution in [0, 0.1) is 0 Å². The van der Waals surface area contributed by atoms with Crippen LogP contribution in [0.2, 0.25) is 5.22 Å². The fourth-order valence-corrected chi connectivity index (χ4v) is 3.20. The Hall–Kier alpha value is -2.35. The van der Waals surface area contributed by atoms with Crippen LogP contribution < -0.4 is 5.43 Å². The monoisotopic (exact) mass is 380 g/mol. The third kappa shape index (κ3) is 4.63. The van der Waals surface area contributed by atoms with Gasteiger partial charge in [-0.25, -0.2) is 5.43 Å². The molecular formula is C17H21ClN4O4. The van der Waals surface area contributed by atoms with E-state index in [0.29, 0.717) is 58.3 Å². The van der Waals surface area contributed by atoms with Gasteiger partial charge in [-0.15, -0.1) is 0 Å². The molecule has 1 aromatic heterocycles. The number of amides is 3. The molecule has 1 N–H and O–H groups in total. The van der Waals surface area contributed by atoms with Crippen LogP contribution in [0.3, 0.4) is 0 Å². The van der Waals surface area contributed by atoms with Crippen LogP contribution in [0.1, 0.15) is 42.7 Å². The summed E-state index contributed by atoms with van der Waals surface area (Å²) in [6, 6.07) is 3.10. The van der Waals surface area contributed by atoms with Gasteiger partial charge in [0.25, 0.3) is 5.91 Å². The summed E-state index contributed by atoms with van der Waals surface area (Å²) in [5.74, 6) is -0.0409. The maximum absolute atomic E-state index is 12.5. The van der Waals surface area contributed by atoms with Gasteiger partial charge in [-0.05, 0) is 43.0 Å². The normalized spacial score (nSPS) is 18.2. The van der Waals surface area contributed by atoms with Crippen molar-refractivity contribution in [3.63, 3.8) is 0 Å². The van der Waals surface area contributed by atoms with Gasteiger partial charge in [-0.1, -0.05) is 0 Å². The molecule has 0 aromatic carbocycles. The molecule has 0 atom stereocenters. The summed E-state index contributed by atoms with van der Waals surface area (Å²) in [7, 11) is 0. The zero-order valence-corrected chi connectivity index (χ0v) is 15.1. The largest absolute Gasteiger partial charge is 0.440 e. The highest BCUT2D eigenvalue weighted by molar-refractivity contribution is 6.29. The highest BCUT2D eigenvalue weighted by atomic mass is 35.5. The molecule has 0 spiro atoms. The predicted octanol–water partition coefficient (Wildman–Crippen LogP) is 1.65. The summed E-state index contributed by atoms with van der Waals surface area (Å²) in [5, 5.41) is 4.17. The second kappa shape index (κ2) is 8.35. The average molecular weight is 381 g/mol. The van der Waals surface area contributed by atoms with Crippen molar-refractivity contribution in [2.75, 3.05) is 26.2 Å². The van der Waals surface area contributed by atoms with E-state index in [1.54, 1.807) is 21.9 Å². The summed E-state index contributed by atoms with van der Waals surface area (Å²) in [5.41, 5.74) is 3.29. The lowest BCUT2D eigenvalue weighted by molar-refractivity contribution is -0.130. The smallest absolute Gasteiger partial charge is 0.289 e. The Bertz CT molecular complexity index is 730. The number of nitrogens with one attached hydrogen (secondary N) is 1. The molecule has 1 saturated heterocycles. The molecule has 3 heterocycles. The van der Waals surface area contributed by atoms with E-state index in [1.807, 2.05) is 0 Å². The quantitative estimate of drug-likeness (QED) is 0.859. The average Bonchev–Trinajstić information content (AvgIpc) is 2.92. The molecule has 1 fully saturated rings. The van der Waals surface area contributed by atoms with E-state index in [1.165, 1.54) is 0 Å². The van der Waals surface area contributed by atoms with Gasteiger partial charge < -0.3 is 14.2 Å².